The van der Waals surface area contributed by atoms with E-state index < -0.39 is 6.36 Å². The van der Waals surface area contributed by atoms with Gasteiger partial charge in [0.25, 0.3) is 0 Å². The van der Waals surface area contributed by atoms with Gasteiger partial charge in [0, 0.05) is 44.0 Å². The van der Waals surface area contributed by atoms with E-state index >= 15 is 0 Å². The summed E-state index contributed by atoms with van der Waals surface area (Å²) in [6.45, 7) is 4.26. The van der Waals surface area contributed by atoms with Crippen LogP contribution in [-0.4, -0.2) is 43.7 Å². The Morgan fingerprint density at radius 3 is 2.12 bits per heavy atom. The molecule has 0 spiro atoms. The number of piperazine rings is 1. The zero-order valence-electron chi connectivity index (χ0n) is 17.3. The van der Waals surface area contributed by atoms with Gasteiger partial charge in [0.15, 0.2) is 0 Å². The smallest absolute Gasteiger partial charge is 0.406 e. The molecule has 0 amide bonds. The lowest BCUT2D eigenvalue weighted by molar-refractivity contribution is -0.274. The first kappa shape index (κ1) is 21.9. The summed E-state index contributed by atoms with van der Waals surface area (Å²) in [6.07, 6.45) is -2.81. The maximum absolute atomic E-state index is 12.4. The second-order valence-electron chi connectivity index (χ2n) is 7.64. The molecule has 1 radical (unpaired) electrons. The van der Waals surface area contributed by atoms with Gasteiger partial charge < -0.3 is 9.64 Å². The number of benzene rings is 3. The van der Waals surface area contributed by atoms with E-state index in [0.717, 1.165) is 55.1 Å². The molecule has 7 heteroatoms. The lowest BCUT2D eigenvalue weighted by Gasteiger charge is -2.36. The minimum absolute atomic E-state index is 0.228. The lowest BCUT2D eigenvalue weighted by Crippen LogP contribution is -2.46. The summed E-state index contributed by atoms with van der Waals surface area (Å²) in [5, 5.41) is 0. The van der Waals surface area contributed by atoms with Crippen molar-refractivity contribution in [3.05, 3.63) is 83.9 Å². The van der Waals surface area contributed by atoms with Gasteiger partial charge in [-0.3, -0.25) is 9.69 Å². The zero-order chi connectivity index (χ0) is 22.6. The third kappa shape index (κ3) is 5.48. The van der Waals surface area contributed by atoms with E-state index in [1.54, 1.807) is 24.3 Å². The minimum atomic E-state index is -4.70. The molecule has 3 aromatic rings. The van der Waals surface area contributed by atoms with Gasteiger partial charge in [0.05, 0.1) is 0 Å². The van der Waals surface area contributed by atoms with Gasteiger partial charge in [-0.05, 0) is 53.1 Å². The fraction of sp³-hybridized carbons (Fsp3) is 0.240. The molecule has 0 aromatic heterocycles. The molecule has 0 saturated carbocycles. The Balaban J connectivity index is 1.41. The Morgan fingerprint density at radius 2 is 1.50 bits per heavy atom. The summed E-state index contributed by atoms with van der Waals surface area (Å²) in [7, 11) is 0. The highest BCUT2D eigenvalue weighted by molar-refractivity contribution is 5.76. The third-order valence-corrected chi connectivity index (χ3v) is 5.53. The van der Waals surface area contributed by atoms with Gasteiger partial charge in [-0.25, -0.2) is 0 Å². The number of carbonyl (C=O) groups excluding carboxylic acids is 1. The van der Waals surface area contributed by atoms with Crippen molar-refractivity contribution in [2.75, 3.05) is 31.1 Å². The maximum Gasteiger partial charge on any atom is 0.573 e. The summed E-state index contributed by atoms with van der Waals surface area (Å²) in [5.41, 5.74) is 4.60. The average molecular weight is 439 g/mol. The Bertz CT molecular complexity index is 1040. The molecular weight excluding hydrogens is 417 g/mol. The van der Waals surface area contributed by atoms with Gasteiger partial charge in [-0.2, -0.15) is 0 Å². The highest BCUT2D eigenvalue weighted by atomic mass is 19.4. The van der Waals surface area contributed by atoms with Crippen LogP contribution in [0.5, 0.6) is 5.75 Å². The topological polar surface area (TPSA) is 32.8 Å². The number of anilines is 1. The molecule has 0 aliphatic carbocycles. The van der Waals surface area contributed by atoms with Crippen molar-refractivity contribution in [1.29, 1.82) is 0 Å². The van der Waals surface area contributed by atoms with Gasteiger partial charge in [0.2, 0.25) is 6.29 Å². The summed E-state index contributed by atoms with van der Waals surface area (Å²) in [4.78, 5) is 15.4. The van der Waals surface area contributed by atoms with E-state index in [1.807, 2.05) is 36.6 Å². The van der Waals surface area contributed by atoms with E-state index in [4.69, 9.17) is 0 Å². The van der Waals surface area contributed by atoms with Gasteiger partial charge >= 0.3 is 6.36 Å². The van der Waals surface area contributed by atoms with E-state index in [9.17, 15) is 18.0 Å². The Labute approximate surface area is 184 Å². The molecule has 0 unspecified atom stereocenters. The van der Waals surface area contributed by atoms with Crippen LogP contribution in [0, 0.1) is 0 Å². The van der Waals surface area contributed by atoms with Crippen molar-refractivity contribution < 1.29 is 22.7 Å². The van der Waals surface area contributed by atoms with Gasteiger partial charge in [-0.15, -0.1) is 13.2 Å². The van der Waals surface area contributed by atoms with Crippen LogP contribution in [0.2, 0.25) is 0 Å². The van der Waals surface area contributed by atoms with Crippen LogP contribution in [0.1, 0.15) is 11.1 Å². The first-order chi connectivity index (χ1) is 15.4. The monoisotopic (exact) mass is 439 g/mol. The summed E-state index contributed by atoms with van der Waals surface area (Å²) in [5.74, 6) is -0.228. The molecule has 1 fully saturated rings. The first-order valence-corrected chi connectivity index (χ1v) is 10.3. The number of hydrogen-bond donors (Lipinski definition) is 0. The minimum Gasteiger partial charge on any atom is -0.406 e. The highest BCUT2D eigenvalue weighted by Gasteiger charge is 2.31. The predicted octanol–water partition coefficient (Wildman–Crippen LogP) is 5.03. The van der Waals surface area contributed by atoms with Crippen LogP contribution in [0.25, 0.3) is 11.1 Å². The van der Waals surface area contributed by atoms with Crippen LogP contribution in [-0.2, 0) is 11.3 Å². The largest absolute Gasteiger partial charge is 0.573 e. The van der Waals surface area contributed by atoms with Gasteiger partial charge in [-0.1, -0.05) is 36.4 Å². The standard InChI is InChI=1S/C25H22F3N2O2/c26-25(27,28)32-23-11-7-20(8-12-23)24-4-2-1-3-21(24)17-29-13-15-30(16-14-29)22-9-5-19(18-31)6-10-22/h1-12H,13-17H2. The fourth-order valence-corrected chi connectivity index (χ4v) is 3.92. The third-order valence-electron chi connectivity index (χ3n) is 5.53. The second kappa shape index (κ2) is 9.44. The number of ether oxygens (including phenoxy) is 1. The Morgan fingerprint density at radius 1 is 0.844 bits per heavy atom. The van der Waals surface area contributed by atoms with Crippen molar-refractivity contribution in [3.63, 3.8) is 0 Å². The average Bonchev–Trinajstić information content (AvgIpc) is 2.80. The first-order valence-electron chi connectivity index (χ1n) is 10.3. The molecule has 165 valence electrons. The van der Waals surface area contributed by atoms with Crippen molar-refractivity contribution >= 4 is 12.0 Å². The molecule has 0 bridgehead atoms. The normalized spacial score (nSPS) is 14.9. The van der Waals surface area contributed by atoms with Crippen LogP contribution in [0.15, 0.2) is 72.8 Å². The number of nitrogens with zero attached hydrogens (tertiary/aromatic N) is 2. The van der Waals surface area contributed by atoms with Crippen LogP contribution >= 0.6 is 0 Å². The molecule has 1 aliphatic heterocycles. The Hall–Kier alpha value is -3.32. The predicted molar refractivity (Wildman–Crippen MR) is 117 cm³/mol. The van der Waals surface area contributed by atoms with Crippen molar-refractivity contribution in [2.24, 2.45) is 0 Å². The summed E-state index contributed by atoms with van der Waals surface area (Å²) >= 11 is 0. The van der Waals surface area contributed by atoms with E-state index in [1.165, 1.54) is 12.1 Å². The van der Waals surface area contributed by atoms with Crippen molar-refractivity contribution in [1.82, 2.24) is 4.90 Å². The SMILES string of the molecule is O=[C]c1ccc(N2CCN(Cc3ccccc3-c3ccc(OC(F)(F)F)cc3)CC2)cc1. The molecule has 3 aromatic carbocycles. The van der Waals surface area contributed by atoms with E-state index in [-0.39, 0.29) is 5.75 Å². The molecule has 0 atom stereocenters. The van der Waals surface area contributed by atoms with Crippen LogP contribution in [0.3, 0.4) is 0 Å². The maximum atomic E-state index is 12.4. The van der Waals surface area contributed by atoms with Crippen LogP contribution < -0.4 is 9.64 Å². The molecule has 1 heterocycles. The molecule has 1 aliphatic rings. The molecule has 0 N–H and O–H groups in total. The summed E-state index contributed by atoms with van der Waals surface area (Å²) in [6, 6.07) is 21.3. The second-order valence-corrected chi connectivity index (χ2v) is 7.64. The molecule has 32 heavy (non-hydrogen) atoms. The molecular formula is C25H22F3N2O2. The summed E-state index contributed by atoms with van der Waals surface area (Å²) < 4.78 is 41.2. The Kier molecular flexibility index (Phi) is 6.46. The highest BCUT2D eigenvalue weighted by Crippen LogP contribution is 2.29. The van der Waals surface area contributed by atoms with Crippen molar-refractivity contribution in [3.8, 4) is 16.9 Å². The quantitative estimate of drug-likeness (QED) is 0.539. The fourth-order valence-electron chi connectivity index (χ4n) is 3.92. The zero-order valence-corrected chi connectivity index (χ0v) is 17.3. The van der Waals surface area contributed by atoms with E-state index in [2.05, 4.69) is 20.6 Å². The number of hydrogen-bond acceptors (Lipinski definition) is 4. The van der Waals surface area contributed by atoms with Gasteiger partial charge in [0.1, 0.15) is 5.75 Å². The van der Waals surface area contributed by atoms with Crippen molar-refractivity contribution in [2.45, 2.75) is 12.9 Å². The number of halogens is 3. The lowest BCUT2D eigenvalue weighted by atomic mass is 9.99. The molecule has 4 rings (SSSR count). The molecule has 4 nitrogen and oxygen atoms in total. The molecule has 1 saturated heterocycles. The van der Waals surface area contributed by atoms with E-state index in [0.29, 0.717) is 5.56 Å². The van der Waals surface area contributed by atoms with Crippen LogP contribution in [0.4, 0.5) is 18.9 Å². The number of alkyl halides is 3. The number of rotatable bonds is 6.